The largest absolute Gasteiger partial charge is 0.494 e. The highest BCUT2D eigenvalue weighted by atomic mass is 35.5. The van der Waals surface area contributed by atoms with Crippen LogP contribution in [0, 0.1) is 19.7 Å². The van der Waals surface area contributed by atoms with E-state index in [9.17, 15) is 9.18 Å². The molecule has 158 valence electrons. The molecule has 0 amide bonds. The quantitative estimate of drug-likeness (QED) is 0.579. The third-order valence-corrected chi connectivity index (χ3v) is 4.75. The van der Waals surface area contributed by atoms with Crippen LogP contribution in [0.5, 0.6) is 11.5 Å². The summed E-state index contributed by atoms with van der Waals surface area (Å²) in [7, 11) is 1.40. The number of rotatable bonds is 7. The van der Waals surface area contributed by atoms with Gasteiger partial charge in [-0.2, -0.15) is 4.98 Å². The molecule has 6 nitrogen and oxygen atoms in total. The summed E-state index contributed by atoms with van der Waals surface area (Å²) < 4.78 is 26.3. The van der Waals surface area contributed by atoms with Crippen LogP contribution in [0.3, 0.4) is 0 Å². The normalized spacial score (nSPS) is 10.7. The van der Waals surface area contributed by atoms with Crippen molar-refractivity contribution in [3.63, 3.8) is 0 Å². The van der Waals surface area contributed by atoms with Gasteiger partial charge in [0.25, 0.3) is 0 Å². The van der Waals surface area contributed by atoms with E-state index in [2.05, 4.69) is 10.3 Å². The van der Waals surface area contributed by atoms with Crippen LogP contribution in [0.1, 0.15) is 23.6 Å². The molecule has 30 heavy (non-hydrogen) atoms. The maximum Gasteiger partial charge on any atom is 0.316 e. The minimum Gasteiger partial charge on any atom is -0.494 e. The summed E-state index contributed by atoms with van der Waals surface area (Å²) in [5.74, 6) is 0.669. The second-order valence-corrected chi connectivity index (χ2v) is 7.27. The number of nitrogens with one attached hydrogen (secondary N) is 1. The predicted molar refractivity (Wildman–Crippen MR) is 116 cm³/mol. The summed E-state index contributed by atoms with van der Waals surface area (Å²) in [4.78, 5) is 16.4. The molecule has 2 aromatic carbocycles. The van der Waals surface area contributed by atoms with Crippen molar-refractivity contribution >= 4 is 23.2 Å². The number of ether oxygens (including phenoxy) is 2. The Morgan fingerprint density at radius 3 is 2.57 bits per heavy atom. The monoisotopic (exact) mass is 431 g/mol. The lowest BCUT2D eigenvalue weighted by Gasteiger charge is -2.18. The number of hydrogen-bond acceptors (Lipinski definition) is 5. The van der Waals surface area contributed by atoms with Crippen molar-refractivity contribution in [1.29, 1.82) is 0 Å². The fraction of sp³-hybridized carbons (Fsp3) is 0.273. The van der Waals surface area contributed by atoms with E-state index in [1.54, 1.807) is 10.6 Å². The molecule has 8 heteroatoms. The topological polar surface area (TPSA) is 65.4 Å². The van der Waals surface area contributed by atoms with Crippen molar-refractivity contribution in [2.45, 2.75) is 27.3 Å². The molecule has 1 N–H and O–H groups in total. The van der Waals surface area contributed by atoms with Gasteiger partial charge < -0.3 is 19.4 Å². The minimum absolute atomic E-state index is 0.0821. The van der Waals surface area contributed by atoms with Gasteiger partial charge >= 0.3 is 5.56 Å². The Hall–Kier alpha value is -3.06. The second-order valence-electron chi connectivity index (χ2n) is 6.83. The van der Waals surface area contributed by atoms with Gasteiger partial charge in [0.2, 0.25) is 11.7 Å². The molecule has 0 unspecified atom stereocenters. The van der Waals surface area contributed by atoms with E-state index in [1.807, 2.05) is 32.9 Å². The standard InChI is InChI=1S/C22H23ClFN3O3/c1-5-30-19-10-18(13(2)6-14(19)3)25-22-26-21(28)20(29-4)12-27(22)11-15-7-16(23)9-17(24)8-15/h6-10,12H,5,11H2,1-4H3,(H,25,26,28). The molecule has 0 atom stereocenters. The number of hydrogen-bond donors (Lipinski definition) is 1. The Kier molecular flexibility index (Phi) is 6.62. The highest BCUT2D eigenvalue weighted by Gasteiger charge is 2.13. The van der Waals surface area contributed by atoms with Crippen LogP contribution in [-0.4, -0.2) is 23.3 Å². The summed E-state index contributed by atoms with van der Waals surface area (Å²) in [5, 5.41) is 3.49. The zero-order valence-electron chi connectivity index (χ0n) is 17.3. The molecule has 0 aliphatic carbocycles. The highest BCUT2D eigenvalue weighted by Crippen LogP contribution is 2.29. The van der Waals surface area contributed by atoms with E-state index in [-0.39, 0.29) is 23.3 Å². The summed E-state index contributed by atoms with van der Waals surface area (Å²) in [6.07, 6.45) is 1.53. The smallest absolute Gasteiger partial charge is 0.316 e. The zero-order chi connectivity index (χ0) is 21.8. The maximum absolute atomic E-state index is 13.8. The first-order valence-corrected chi connectivity index (χ1v) is 9.80. The Morgan fingerprint density at radius 2 is 1.90 bits per heavy atom. The van der Waals surface area contributed by atoms with Gasteiger partial charge in [-0.25, -0.2) is 4.39 Å². The number of halogens is 2. The Morgan fingerprint density at radius 1 is 1.13 bits per heavy atom. The van der Waals surface area contributed by atoms with Crippen molar-refractivity contribution in [3.8, 4) is 11.5 Å². The van der Waals surface area contributed by atoms with Crippen molar-refractivity contribution in [1.82, 2.24) is 9.55 Å². The average Bonchev–Trinajstić information content (AvgIpc) is 2.66. The number of aryl methyl sites for hydroxylation is 2. The minimum atomic E-state index is -0.511. The molecule has 0 aliphatic rings. The lowest BCUT2D eigenvalue weighted by molar-refractivity contribution is 0.338. The molecule has 0 radical (unpaired) electrons. The Balaban J connectivity index is 2.05. The Bertz CT molecular complexity index is 1110. The molecule has 3 aromatic rings. The molecule has 3 rings (SSSR count). The molecular weight excluding hydrogens is 409 g/mol. The van der Waals surface area contributed by atoms with Crippen LogP contribution in [0.25, 0.3) is 0 Å². The zero-order valence-corrected chi connectivity index (χ0v) is 18.0. The van der Waals surface area contributed by atoms with Crippen LogP contribution in [0.15, 0.2) is 41.3 Å². The van der Waals surface area contributed by atoms with Gasteiger partial charge in [0.05, 0.1) is 26.5 Å². The van der Waals surface area contributed by atoms with Crippen LogP contribution in [0.2, 0.25) is 5.02 Å². The van der Waals surface area contributed by atoms with Crippen molar-refractivity contribution in [2.24, 2.45) is 0 Å². The lowest BCUT2D eigenvalue weighted by atomic mass is 10.1. The molecule has 0 aliphatic heterocycles. The van der Waals surface area contributed by atoms with Crippen LogP contribution >= 0.6 is 11.6 Å². The van der Waals surface area contributed by atoms with Gasteiger partial charge in [-0.3, -0.25) is 4.79 Å². The summed E-state index contributed by atoms with van der Waals surface area (Å²) >= 11 is 5.98. The summed E-state index contributed by atoms with van der Waals surface area (Å²) in [6.45, 7) is 6.60. The second kappa shape index (κ2) is 9.17. The van der Waals surface area contributed by atoms with Gasteiger partial charge in [0.1, 0.15) is 11.6 Å². The van der Waals surface area contributed by atoms with Gasteiger partial charge in [-0.05, 0) is 55.7 Å². The number of benzene rings is 2. The predicted octanol–water partition coefficient (Wildman–Crippen LogP) is 4.85. The third-order valence-electron chi connectivity index (χ3n) is 4.53. The van der Waals surface area contributed by atoms with Crippen LogP contribution < -0.4 is 20.3 Å². The number of anilines is 2. The number of aromatic nitrogens is 2. The van der Waals surface area contributed by atoms with Crippen molar-refractivity contribution in [2.75, 3.05) is 19.0 Å². The summed E-state index contributed by atoms with van der Waals surface area (Å²) in [6, 6.07) is 8.13. The Labute approximate surface area is 179 Å². The molecule has 0 bridgehead atoms. The van der Waals surface area contributed by atoms with E-state index in [0.29, 0.717) is 12.2 Å². The van der Waals surface area contributed by atoms with Gasteiger partial charge in [0.15, 0.2) is 0 Å². The molecule has 0 saturated carbocycles. The first-order chi connectivity index (χ1) is 14.3. The fourth-order valence-electron chi connectivity index (χ4n) is 3.13. The maximum atomic E-state index is 13.8. The molecular formula is C22H23ClFN3O3. The van der Waals surface area contributed by atoms with Gasteiger partial charge in [-0.1, -0.05) is 17.7 Å². The number of methoxy groups -OCH3 is 1. The molecule has 0 fully saturated rings. The van der Waals surface area contributed by atoms with Crippen molar-refractivity contribution < 1.29 is 13.9 Å². The molecule has 1 heterocycles. The van der Waals surface area contributed by atoms with E-state index in [0.717, 1.165) is 22.6 Å². The molecule has 0 saturated heterocycles. The van der Waals surface area contributed by atoms with E-state index < -0.39 is 11.4 Å². The summed E-state index contributed by atoms with van der Waals surface area (Å²) in [5.41, 5.74) is 2.82. The van der Waals surface area contributed by atoms with E-state index in [4.69, 9.17) is 21.1 Å². The average molecular weight is 432 g/mol. The SMILES string of the molecule is CCOc1cc(Nc2nc(=O)c(OC)cn2Cc2cc(F)cc(Cl)c2)c(C)cc1C. The van der Waals surface area contributed by atoms with Crippen LogP contribution in [-0.2, 0) is 6.54 Å². The lowest BCUT2D eigenvalue weighted by Crippen LogP contribution is -2.19. The molecule has 0 spiro atoms. The fourth-order valence-corrected chi connectivity index (χ4v) is 3.38. The third kappa shape index (κ3) is 4.91. The first kappa shape index (κ1) is 21.6. The highest BCUT2D eigenvalue weighted by molar-refractivity contribution is 6.30. The van der Waals surface area contributed by atoms with Gasteiger partial charge in [-0.15, -0.1) is 0 Å². The number of nitrogens with zero attached hydrogens (tertiary/aromatic N) is 2. The van der Waals surface area contributed by atoms with Crippen LogP contribution in [0.4, 0.5) is 16.0 Å². The molecule has 1 aromatic heterocycles. The van der Waals surface area contributed by atoms with Crippen molar-refractivity contribution in [3.05, 3.63) is 74.4 Å². The van der Waals surface area contributed by atoms with E-state index >= 15 is 0 Å². The van der Waals surface area contributed by atoms with E-state index in [1.165, 1.54) is 25.4 Å². The first-order valence-electron chi connectivity index (χ1n) is 9.42. The van der Waals surface area contributed by atoms with Gasteiger partial charge in [0, 0.05) is 16.8 Å².